The van der Waals surface area contributed by atoms with Crippen LogP contribution in [0.2, 0.25) is 0 Å². The third-order valence-corrected chi connectivity index (χ3v) is 3.50. The molecular weight excluding hydrogens is 272 g/mol. The van der Waals surface area contributed by atoms with Gasteiger partial charge in [-0.1, -0.05) is 13.0 Å². The van der Waals surface area contributed by atoms with Crippen molar-refractivity contribution in [2.24, 2.45) is 9.98 Å². The van der Waals surface area contributed by atoms with Crippen molar-refractivity contribution in [3.63, 3.8) is 0 Å². The van der Waals surface area contributed by atoms with Crippen LogP contribution >= 0.6 is 0 Å². The predicted octanol–water partition coefficient (Wildman–Crippen LogP) is 0.778. The van der Waals surface area contributed by atoms with Crippen LogP contribution < -0.4 is 10.6 Å². The van der Waals surface area contributed by atoms with Crippen molar-refractivity contribution in [2.75, 3.05) is 6.61 Å². The van der Waals surface area contributed by atoms with Gasteiger partial charge in [0.25, 0.3) is 0 Å². The molecule has 0 saturated heterocycles. The second kappa shape index (κ2) is 4.73. The number of fused-ring (bicyclic) bond motifs is 2. The largest absolute Gasteiger partial charge is 0.507 e. The van der Waals surface area contributed by atoms with E-state index in [0.29, 0.717) is 16.1 Å². The summed E-state index contributed by atoms with van der Waals surface area (Å²) in [5.74, 6) is -0.826. The summed E-state index contributed by atoms with van der Waals surface area (Å²) in [6.07, 6.45) is 4.82. The van der Waals surface area contributed by atoms with Crippen LogP contribution in [0.1, 0.15) is 25.3 Å². The quantitative estimate of drug-likeness (QED) is 0.620. The fourth-order valence-electron chi connectivity index (χ4n) is 2.49. The van der Waals surface area contributed by atoms with E-state index < -0.39 is 5.97 Å². The predicted molar refractivity (Wildman–Crippen MR) is 76.3 cm³/mol. The van der Waals surface area contributed by atoms with Crippen LogP contribution in [0, 0.1) is 0 Å². The first-order chi connectivity index (χ1) is 10.0. The summed E-state index contributed by atoms with van der Waals surface area (Å²) in [6, 6.07) is 0. The summed E-state index contributed by atoms with van der Waals surface area (Å²) < 4.78 is 4.88. The maximum Gasteiger partial charge on any atom is 0.356 e. The van der Waals surface area contributed by atoms with Crippen molar-refractivity contribution in [2.45, 2.75) is 19.8 Å². The molecule has 21 heavy (non-hydrogen) atoms. The molecule has 6 heteroatoms. The Bertz CT molecular complexity index is 821. The van der Waals surface area contributed by atoms with E-state index in [9.17, 15) is 15.0 Å². The number of benzene rings is 1. The van der Waals surface area contributed by atoms with E-state index in [0.717, 1.165) is 0 Å². The van der Waals surface area contributed by atoms with Gasteiger partial charge in [0.2, 0.25) is 0 Å². The second-order valence-electron chi connectivity index (χ2n) is 4.84. The van der Waals surface area contributed by atoms with E-state index in [1.807, 2.05) is 13.0 Å². The highest BCUT2D eigenvalue weighted by molar-refractivity contribution is 6.50. The van der Waals surface area contributed by atoms with E-state index in [1.165, 1.54) is 6.08 Å². The van der Waals surface area contributed by atoms with Crippen LogP contribution in [0.5, 0.6) is 11.5 Å². The third kappa shape index (κ3) is 1.91. The molecule has 2 aliphatic heterocycles. The Morgan fingerprint density at radius 2 is 2.14 bits per heavy atom. The summed E-state index contributed by atoms with van der Waals surface area (Å²) in [7, 11) is 0. The maximum atomic E-state index is 11.7. The molecule has 0 spiro atoms. The summed E-state index contributed by atoms with van der Waals surface area (Å²) in [6.45, 7) is 3.81. The third-order valence-electron chi connectivity index (χ3n) is 3.50. The topological polar surface area (TPSA) is 91.5 Å². The number of aliphatic imine (C=N–C) groups is 1. The average Bonchev–Trinajstić information content (AvgIpc) is 2.90. The highest BCUT2D eigenvalue weighted by Gasteiger charge is 2.26. The molecule has 6 nitrogen and oxygen atoms in total. The minimum Gasteiger partial charge on any atom is -0.507 e. The number of carbonyl (C=O) groups excluding carboxylic acids is 1. The Morgan fingerprint density at radius 3 is 2.86 bits per heavy atom. The number of allylic oxidation sites excluding steroid dienone is 1. The minimum absolute atomic E-state index is 0.0125. The molecule has 108 valence electrons. The van der Waals surface area contributed by atoms with Gasteiger partial charge in [0.05, 0.1) is 6.61 Å². The normalized spacial score (nSPS) is 18.2. The van der Waals surface area contributed by atoms with Crippen molar-refractivity contribution >= 4 is 23.4 Å². The molecule has 0 bridgehead atoms. The first-order valence-electron chi connectivity index (χ1n) is 6.64. The van der Waals surface area contributed by atoms with Gasteiger partial charge in [0, 0.05) is 22.9 Å². The summed E-state index contributed by atoms with van der Waals surface area (Å²) in [5.41, 5.74) is 0.742. The monoisotopic (exact) mass is 286 g/mol. The number of aromatic hydroxyl groups is 2. The molecule has 0 aromatic heterocycles. The lowest BCUT2D eigenvalue weighted by molar-refractivity contribution is -0.134. The lowest BCUT2D eigenvalue weighted by Crippen LogP contribution is -2.20. The molecule has 1 atom stereocenters. The first-order valence-corrected chi connectivity index (χ1v) is 6.64. The summed E-state index contributed by atoms with van der Waals surface area (Å²) in [5, 5.41) is 21.3. The zero-order valence-electron chi connectivity index (χ0n) is 11.6. The Morgan fingerprint density at radius 1 is 1.38 bits per heavy atom. The molecule has 0 radical (unpaired) electrons. The molecule has 2 N–H and O–H groups in total. The van der Waals surface area contributed by atoms with Gasteiger partial charge in [-0.3, -0.25) is 4.99 Å². The number of nitrogens with zero attached hydrogens (tertiary/aromatic N) is 2. The molecule has 0 fully saturated rings. The molecule has 3 rings (SSSR count). The van der Waals surface area contributed by atoms with E-state index in [2.05, 4.69) is 9.98 Å². The van der Waals surface area contributed by atoms with E-state index >= 15 is 0 Å². The molecule has 1 aromatic carbocycles. The number of ether oxygens (including phenoxy) is 1. The van der Waals surface area contributed by atoms with Gasteiger partial charge in [-0.2, -0.15) is 0 Å². The van der Waals surface area contributed by atoms with Gasteiger partial charge in [-0.05, 0) is 13.0 Å². The number of carbonyl (C=O) groups is 1. The van der Waals surface area contributed by atoms with E-state index in [-0.39, 0.29) is 35.4 Å². The van der Waals surface area contributed by atoms with Crippen LogP contribution in [-0.2, 0) is 9.53 Å². The highest BCUT2D eigenvalue weighted by Crippen LogP contribution is 2.32. The van der Waals surface area contributed by atoms with E-state index in [4.69, 9.17) is 4.74 Å². The zero-order valence-corrected chi connectivity index (χ0v) is 11.6. The Hall–Kier alpha value is -2.63. The summed E-state index contributed by atoms with van der Waals surface area (Å²) in [4.78, 5) is 19.9. The van der Waals surface area contributed by atoms with E-state index in [1.54, 1.807) is 13.1 Å². The van der Waals surface area contributed by atoms with Gasteiger partial charge in [0.15, 0.2) is 5.75 Å². The van der Waals surface area contributed by atoms with Gasteiger partial charge in [-0.25, -0.2) is 9.79 Å². The molecule has 2 aliphatic rings. The lowest BCUT2D eigenvalue weighted by atomic mass is 9.95. The van der Waals surface area contributed by atoms with Gasteiger partial charge in [0.1, 0.15) is 22.5 Å². The standard InChI is InChI=1S/C15H14N2O4/c1-3-21-15(20)9-6-8-11(17-9)14(19)12-10(13(8)18)7(2)4-5-16-12/h4-7,18-19H,3H2,1-2H3. The Kier molecular flexibility index (Phi) is 3.01. The second-order valence-corrected chi connectivity index (χ2v) is 4.84. The average molecular weight is 286 g/mol. The van der Waals surface area contributed by atoms with Crippen LogP contribution in [0.25, 0.3) is 6.08 Å². The molecule has 2 heterocycles. The SMILES string of the molecule is CCOC(=O)C1=Nc2c(O)c3c(c(O)c2=C1)C(C)C=CN=3. The zero-order chi connectivity index (χ0) is 15.1. The van der Waals surface area contributed by atoms with Crippen molar-refractivity contribution in [1.29, 1.82) is 0 Å². The number of hydrogen-bond donors (Lipinski definition) is 2. The molecular formula is C15H14N2O4. The molecule has 0 amide bonds. The number of rotatable bonds is 2. The fourth-order valence-corrected chi connectivity index (χ4v) is 2.49. The fraction of sp³-hybridized carbons (Fsp3) is 0.267. The van der Waals surface area contributed by atoms with Crippen LogP contribution in [0.15, 0.2) is 22.3 Å². The van der Waals surface area contributed by atoms with Gasteiger partial charge < -0.3 is 14.9 Å². The van der Waals surface area contributed by atoms with Crippen molar-refractivity contribution in [1.82, 2.24) is 0 Å². The number of phenols is 2. The van der Waals surface area contributed by atoms with Crippen LogP contribution in [0.3, 0.4) is 0 Å². The smallest absolute Gasteiger partial charge is 0.356 e. The Balaban J connectivity index is 2.25. The first kappa shape index (κ1) is 13.4. The maximum absolute atomic E-state index is 11.7. The van der Waals surface area contributed by atoms with Crippen molar-refractivity contribution < 1.29 is 19.7 Å². The number of phenolic OH excluding ortho intramolecular Hbond substituents is 2. The molecule has 0 aliphatic carbocycles. The number of esters is 1. The minimum atomic E-state index is -0.589. The van der Waals surface area contributed by atoms with Crippen molar-refractivity contribution in [3.05, 3.63) is 28.4 Å². The molecule has 1 aromatic rings. The van der Waals surface area contributed by atoms with Crippen LogP contribution in [-0.4, -0.2) is 28.5 Å². The Labute approximate surface area is 120 Å². The van der Waals surface area contributed by atoms with Crippen LogP contribution in [0.4, 0.5) is 5.69 Å². The van der Waals surface area contributed by atoms with Gasteiger partial charge >= 0.3 is 5.97 Å². The molecule has 0 saturated carbocycles. The number of hydrogen-bond acceptors (Lipinski definition) is 6. The highest BCUT2D eigenvalue weighted by atomic mass is 16.5. The lowest BCUT2D eigenvalue weighted by Gasteiger charge is -2.14. The molecule has 1 unspecified atom stereocenters. The summed E-state index contributed by atoms with van der Waals surface area (Å²) >= 11 is 0. The van der Waals surface area contributed by atoms with Crippen molar-refractivity contribution in [3.8, 4) is 11.5 Å². The van der Waals surface area contributed by atoms with Gasteiger partial charge in [-0.15, -0.1) is 0 Å².